The van der Waals surface area contributed by atoms with Gasteiger partial charge in [0.2, 0.25) is 5.91 Å². The van der Waals surface area contributed by atoms with Crippen molar-refractivity contribution in [3.05, 3.63) is 35.9 Å². The molecule has 15 heavy (non-hydrogen) atoms. The Labute approximate surface area is 90.3 Å². The van der Waals surface area contributed by atoms with Crippen LogP contribution in [0.2, 0.25) is 0 Å². The number of carbonyl (C=O) groups excluding carboxylic acids is 1. The second-order valence-electron chi connectivity index (χ2n) is 4.21. The summed E-state index contributed by atoms with van der Waals surface area (Å²) in [6, 6.07) is 10.4. The third-order valence-corrected chi connectivity index (χ3v) is 3.01. The van der Waals surface area contributed by atoms with Crippen LogP contribution in [0.15, 0.2) is 30.3 Å². The van der Waals surface area contributed by atoms with Crippen LogP contribution in [0.3, 0.4) is 0 Å². The molecule has 1 aromatic carbocycles. The van der Waals surface area contributed by atoms with Crippen molar-refractivity contribution < 1.29 is 4.79 Å². The average Bonchev–Trinajstić information content (AvgIpc) is 2.25. The van der Waals surface area contributed by atoms with Crippen molar-refractivity contribution >= 4 is 5.91 Å². The monoisotopic (exact) mass is 204 g/mol. The second-order valence-corrected chi connectivity index (χ2v) is 4.21. The zero-order chi connectivity index (χ0) is 11.0. The lowest BCUT2D eigenvalue weighted by atomic mass is 9.88. The van der Waals surface area contributed by atoms with E-state index in [1.807, 2.05) is 44.2 Å². The fourth-order valence-corrected chi connectivity index (χ4v) is 2.17. The van der Waals surface area contributed by atoms with Crippen LogP contribution in [0.1, 0.15) is 11.6 Å². The molecule has 1 saturated heterocycles. The summed E-state index contributed by atoms with van der Waals surface area (Å²) in [5, 5.41) is 0. The Balaban J connectivity index is 2.26. The third kappa shape index (κ3) is 1.53. The first-order valence-corrected chi connectivity index (χ1v) is 5.11. The van der Waals surface area contributed by atoms with E-state index in [0.29, 0.717) is 0 Å². The van der Waals surface area contributed by atoms with Crippen molar-refractivity contribution in [2.45, 2.75) is 12.1 Å². The average molecular weight is 204 g/mol. The van der Waals surface area contributed by atoms with E-state index in [1.54, 1.807) is 4.90 Å². The van der Waals surface area contributed by atoms with Crippen LogP contribution >= 0.6 is 0 Å². The van der Waals surface area contributed by atoms with E-state index in [2.05, 4.69) is 12.1 Å². The van der Waals surface area contributed by atoms with Gasteiger partial charge in [0.15, 0.2) is 0 Å². The fourth-order valence-electron chi connectivity index (χ4n) is 2.17. The Hall–Kier alpha value is -1.35. The summed E-state index contributed by atoms with van der Waals surface area (Å²) in [6.07, 6.45) is 0. The highest BCUT2D eigenvalue weighted by molar-refractivity contribution is 5.89. The van der Waals surface area contributed by atoms with Gasteiger partial charge < -0.3 is 4.90 Å². The summed E-state index contributed by atoms with van der Waals surface area (Å²) in [5.74, 6) is 0.203. The zero-order valence-corrected chi connectivity index (χ0v) is 9.34. The summed E-state index contributed by atoms with van der Waals surface area (Å²) in [4.78, 5) is 15.5. The van der Waals surface area contributed by atoms with E-state index < -0.39 is 0 Å². The predicted octanol–water partition coefficient (Wildman–Crippen LogP) is 1.13. The molecule has 0 aromatic heterocycles. The van der Waals surface area contributed by atoms with Crippen LogP contribution in [0, 0.1) is 0 Å². The largest absolute Gasteiger partial charge is 0.335 e. The molecule has 3 heteroatoms. The normalized spacial score (nSPS) is 25.6. The molecule has 3 nitrogen and oxygen atoms in total. The van der Waals surface area contributed by atoms with Gasteiger partial charge >= 0.3 is 0 Å². The smallest absolute Gasteiger partial charge is 0.242 e. The molecule has 1 heterocycles. The van der Waals surface area contributed by atoms with E-state index in [0.717, 1.165) is 0 Å². The molecule has 1 amide bonds. The maximum absolute atomic E-state index is 11.7. The van der Waals surface area contributed by atoms with E-state index in [-0.39, 0.29) is 18.0 Å². The molecule has 0 radical (unpaired) electrons. The minimum absolute atomic E-state index is 0.00241. The van der Waals surface area contributed by atoms with E-state index in [9.17, 15) is 4.79 Å². The standard InChI is InChI=1S/C12H16N2O/c1-13(2)11-10(14(3)12(11)15)9-7-5-4-6-8-9/h4-8,10-11H,1-3H3. The number of amides is 1. The van der Waals surface area contributed by atoms with Crippen LogP contribution in [0.25, 0.3) is 0 Å². The topological polar surface area (TPSA) is 23.6 Å². The highest BCUT2D eigenvalue weighted by Crippen LogP contribution is 2.35. The number of benzene rings is 1. The number of carbonyl (C=O) groups is 1. The van der Waals surface area contributed by atoms with Crippen LogP contribution in [0.5, 0.6) is 0 Å². The van der Waals surface area contributed by atoms with Crippen molar-refractivity contribution in [3.63, 3.8) is 0 Å². The first-order valence-electron chi connectivity index (χ1n) is 5.11. The maximum atomic E-state index is 11.7. The molecule has 1 aromatic rings. The molecule has 1 aliphatic heterocycles. The number of likely N-dealkylation sites (tertiary alicyclic amines) is 1. The number of rotatable bonds is 2. The molecule has 2 unspecified atom stereocenters. The van der Waals surface area contributed by atoms with Gasteiger partial charge in [-0.15, -0.1) is 0 Å². The molecule has 2 rings (SSSR count). The number of hydrogen-bond acceptors (Lipinski definition) is 2. The first kappa shape index (κ1) is 10.2. The van der Waals surface area contributed by atoms with E-state index >= 15 is 0 Å². The summed E-state index contributed by atoms with van der Waals surface area (Å²) in [5.41, 5.74) is 1.21. The van der Waals surface area contributed by atoms with Gasteiger partial charge in [0.1, 0.15) is 6.04 Å². The van der Waals surface area contributed by atoms with Crippen LogP contribution in [-0.2, 0) is 4.79 Å². The summed E-state index contributed by atoms with van der Waals surface area (Å²) in [7, 11) is 5.76. The lowest BCUT2D eigenvalue weighted by Gasteiger charge is -2.48. The Bertz CT molecular complexity index is 361. The van der Waals surface area contributed by atoms with E-state index in [1.165, 1.54) is 5.56 Å². The number of β-lactam (4-membered cyclic amide) rings is 1. The lowest BCUT2D eigenvalue weighted by Crippen LogP contribution is -2.62. The summed E-state index contributed by atoms with van der Waals surface area (Å²) < 4.78 is 0. The Morgan fingerprint density at radius 1 is 1.20 bits per heavy atom. The molecular weight excluding hydrogens is 188 g/mol. The molecule has 0 saturated carbocycles. The highest BCUT2D eigenvalue weighted by Gasteiger charge is 2.46. The number of hydrogen-bond donors (Lipinski definition) is 0. The van der Waals surface area contributed by atoms with Gasteiger partial charge in [-0.1, -0.05) is 30.3 Å². The van der Waals surface area contributed by atoms with Crippen LogP contribution in [-0.4, -0.2) is 42.9 Å². The van der Waals surface area contributed by atoms with Crippen LogP contribution < -0.4 is 0 Å². The molecule has 1 fully saturated rings. The van der Waals surface area contributed by atoms with Gasteiger partial charge in [0, 0.05) is 7.05 Å². The lowest BCUT2D eigenvalue weighted by molar-refractivity contribution is -0.155. The van der Waals surface area contributed by atoms with Crippen LogP contribution in [0.4, 0.5) is 0 Å². The summed E-state index contributed by atoms with van der Waals surface area (Å²) in [6.45, 7) is 0. The number of nitrogens with zero attached hydrogens (tertiary/aromatic N) is 2. The van der Waals surface area contributed by atoms with Gasteiger partial charge in [-0.3, -0.25) is 9.69 Å². The van der Waals surface area contributed by atoms with Crippen molar-refractivity contribution in [2.24, 2.45) is 0 Å². The molecule has 0 N–H and O–H groups in total. The molecule has 0 bridgehead atoms. The maximum Gasteiger partial charge on any atom is 0.242 e. The molecule has 2 atom stereocenters. The zero-order valence-electron chi connectivity index (χ0n) is 9.34. The Morgan fingerprint density at radius 2 is 1.80 bits per heavy atom. The minimum atomic E-state index is -0.00241. The van der Waals surface area contributed by atoms with Crippen molar-refractivity contribution in [3.8, 4) is 0 Å². The van der Waals surface area contributed by atoms with Gasteiger partial charge in [-0.2, -0.15) is 0 Å². The SMILES string of the molecule is CN(C)C1C(=O)N(C)C1c1ccccc1. The quantitative estimate of drug-likeness (QED) is 0.674. The van der Waals surface area contributed by atoms with Crippen molar-refractivity contribution in [2.75, 3.05) is 21.1 Å². The molecular formula is C12H16N2O. The minimum Gasteiger partial charge on any atom is -0.335 e. The number of likely N-dealkylation sites (N-methyl/N-ethyl adjacent to an activating group) is 2. The van der Waals surface area contributed by atoms with Gasteiger partial charge in [-0.25, -0.2) is 0 Å². The van der Waals surface area contributed by atoms with E-state index in [4.69, 9.17) is 0 Å². The predicted molar refractivity (Wildman–Crippen MR) is 59.4 cm³/mol. The second kappa shape index (κ2) is 3.66. The third-order valence-electron chi connectivity index (χ3n) is 3.01. The van der Waals surface area contributed by atoms with Gasteiger partial charge in [-0.05, 0) is 19.7 Å². The molecule has 0 aliphatic carbocycles. The first-order chi connectivity index (χ1) is 7.13. The fraction of sp³-hybridized carbons (Fsp3) is 0.417. The van der Waals surface area contributed by atoms with Gasteiger partial charge in [0.05, 0.1) is 6.04 Å². The Kier molecular flexibility index (Phi) is 2.49. The Morgan fingerprint density at radius 3 is 2.33 bits per heavy atom. The highest BCUT2D eigenvalue weighted by atomic mass is 16.2. The summed E-state index contributed by atoms with van der Waals surface area (Å²) >= 11 is 0. The van der Waals surface area contributed by atoms with Crippen molar-refractivity contribution in [1.29, 1.82) is 0 Å². The molecule has 1 aliphatic rings. The van der Waals surface area contributed by atoms with Gasteiger partial charge in [0.25, 0.3) is 0 Å². The molecule has 80 valence electrons. The molecule has 0 spiro atoms. The van der Waals surface area contributed by atoms with Crippen molar-refractivity contribution in [1.82, 2.24) is 9.80 Å².